The van der Waals surface area contributed by atoms with Gasteiger partial charge in [0, 0.05) is 62.7 Å². The molecule has 3 aromatic carbocycles. The average molecular weight is 638 g/mol. The number of benzene rings is 3. The van der Waals surface area contributed by atoms with Crippen molar-refractivity contribution < 1.29 is 9.59 Å². The summed E-state index contributed by atoms with van der Waals surface area (Å²) >= 11 is 11.3. The summed E-state index contributed by atoms with van der Waals surface area (Å²) in [6.45, 7) is 3.51. The third-order valence-electron chi connectivity index (χ3n) is 7.92. The molecule has 0 saturated carbocycles. The topological polar surface area (TPSA) is 82.4 Å². The molecule has 0 spiro atoms. The first-order chi connectivity index (χ1) is 19.2. The van der Waals surface area contributed by atoms with Gasteiger partial charge in [0.05, 0.1) is 12.5 Å². The number of aromatic nitrogens is 1. The van der Waals surface area contributed by atoms with Crippen molar-refractivity contribution in [1.29, 1.82) is 0 Å². The van der Waals surface area contributed by atoms with E-state index >= 15 is 0 Å². The normalized spacial score (nSPS) is 22.9. The van der Waals surface area contributed by atoms with Crippen molar-refractivity contribution in [1.82, 2.24) is 14.8 Å². The second-order valence-corrected chi connectivity index (χ2v) is 13.5. The zero-order valence-corrected chi connectivity index (χ0v) is 25.2. The largest absolute Gasteiger partial charge is 0.361 e. The fourth-order valence-electron chi connectivity index (χ4n) is 5.93. The van der Waals surface area contributed by atoms with Crippen LogP contribution in [-0.4, -0.2) is 50.5 Å². The van der Waals surface area contributed by atoms with Gasteiger partial charge in [-0.1, -0.05) is 63.4 Å². The van der Waals surface area contributed by atoms with E-state index in [9.17, 15) is 9.59 Å². The second-order valence-electron chi connectivity index (χ2n) is 10.8. The van der Waals surface area contributed by atoms with E-state index < -0.39 is 10.8 Å². The molecule has 40 heavy (non-hydrogen) atoms. The Morgan fingerprint density at radius 1 is 1.15 bits per heavy atom. The van der Waals surface area contributed by atoms with Crippen LogP contribution in [0.25, 0.3) is 10.9 Å². The number of carbonyl (C=O) groups is 2. The smallest absolute Gasteiger partial charge is 0.242 e. The van der Waals surface area contributed by atoms with Crippen molar-refractivity contribution in [3.8, 4) is 0 Å². The second kappa shape index (κ2) is 10.9. The van der Waals surface area contributed by atoms with Crippen LogP contribution >= 0.6 is 39.3 Å². The number of nitrogens with zero attached hydrogens (tertiary/aromatic N) is 2. The monoisotopic (exact) mass is 636 g/mol. The zero-order chi connectivity index (χ0) is 28.0. The summed E-state index contributed by atoms with van der Waals surface area (Å²) in [7, 11) is 0. The molecule has 6 nitrogen and oxygen atoms in total. The standard InChI is InChI=1S/C31H30BrClN4O2S/c1-19-2-9-24(10-3-19)40-31(30(39)36-13-12-23(34)18-36)15-28(38)37(17-20-4-6-21(32)7-5-20)29(31)26-16-35-27-14-22(33)8-11-25(26)27/h2-11,14,16,23,29,35H,12-13,15,17-18,34H2,1H3/t23-,29-,31?/m0/s1. The molecule has 0 radical (unpaired) electrons. The summed E-state index contributed by atoms with van der Waals surface area (Å²) in [5.41, 5.74) is 10.2. The predicted molar refractivity (Wildman–Crippen MR) is 164 cm³/mol. The first-order valence-electron chi connectivity index (χ1n) is 13.3. The highest BCUT2D eigenvalue weighted by molar-refractivity contribution is 9.10. The number of H-pyrrole nitrogens is 1. The lowest BCUT2D eigenvalue weighted by Gasteiger charge is -2.38. The number of hydrogen-bond acceptors (Lipinski definition) is 4. The van der Waals surface area contributed by atoms with E-state index in [1.165, 1.54) is 11.8 Å². The lowest BCUT2D eigenvalue weighted by atomic mass is 9.90. The Labute approximate surface area is 251 Å². The molecule has 2 fully saturated rings. The Morgan fingerprint density at radius 3 is 2.60 bits per heavy atom. The SMILES string of the molecule is Cc1ccc(SC2(C(=O)N3CC[C@H](N)C3)CC(=O)N(Cc3ccc(Br)cc3)[C@H]2c2c[nH]c3cc(Cl)ccc23)cc1. The first kappa shape index (κ1) is 27.4. The van der Waals surface area contributed by atoms with Crippen LogP contribution < -0.4 is 5.73 Å². The molecule has 2 aliphatic heterocycles. The molecule has 3 heterocycles. The van der Waals surface area contributed by atoms with E-state index in [0.29, 0.717) is 24.7 Å². The molecule has 2 saturated heterocycles. The number of aryl methyl sites for hydroxylation is 1. The maximum absolute atomic E-state index is 14.7. The van der Waals surface area contributed by atoms with Crippen LogP contribution in [0.2, 0.25) is 5.02 Å². The van der Waals surface area contributed by atoms with Gasteiger partial charge in [-0.3, -0.25) is 9.59 Å². The van der Waals surface area contributed by atoms with Gasteiger partial charge in [0.15, 0.2) is 0 Å². The first-order valence-corrected chi connectivity index (χ1v) is 15.3. The van der Waals surface area contributed by atoms with Crippen LogP contribution in [0.5, 0.6) is 0 Å². The van der Waals surface area contributed by atoms with Crippen molar-refractivity contribution in [3.63, 3.8) is 0 Å². The van der Waals surface area contributed by atoms with Gasteiger partial charge in [-0.2, -0.15) is 0 Å². The van der Waals surface area contributed by atoms with Gasteiger partial charge in [-0.25, -0.2) is 0 Å². The highest BCUT2D eigenvalue weighted by atomic mass is 79.9. The Balaban J connectivity index is 1.53. The molecule has 1 aromatic heterocycles. The molecule has 1 unspecified atom stereocenters. The van der Waals surface area contributed by atoms with Gasteiger partial charge in [0.2, 0.25) is 11.8 Å². The molecule has 2 aliphatic rings. The van der Waals surface area contributed by atoms with E-state index in [0.717, 1.165) is 43.4 Å². The summed E-state index contributed by atoms with van der Waals surface area (Å²) in [4.78, 5) is 36.8. The van der Waals surface area contributed by atoms with E-state index in [2.05, 4.69) is 20.9 Å². The van der Waals surface area contributed by atoms with Crippen LogP contribution in [0, 0.1) is 6.92 Å². The molecule has 9 heteroatoms. The summed E-state index contributed by atoms with van der Waals surface area (Å²) in [5, 5.41) is 1.57. The molecule has 3 atom stereocenters. The molecule has 4 aromatic rings. The Morgan fingerprint density at radius 2 is 1.90 bits per heavy atom. The molecule has 206 valence electrons. The summed E-state index contributed by atoms with van der Waals surface area (Å²) in [6, 6.07) is 21.3. The van der Waals surface area contributed by atoms with Crippen LogP contribution in [0.4, 0.5) is 0 Å². The van der Waals surface area contributed by atoms with Crippen LogP contribution in [-0.2, 0) is 16.1 Å². The number of likely N-dealkylation sites (tertiary alicyclic amines) is 2. The third-order valence-corrected chi connectivity index (χ3v) is 10.1. The average Bonchev–Trinajstić information content (AvgIpc) is 3.62. The maximum atomic E-state index is 14.7. The van der Waals surface area contributed by atoms with Gasteiger partial charge in [0.1, 0.15) is 4.75 Å². The van der Waals surface area contributed by atoms with E-state index in [1.54, 1.807) is 0 Å². The summed E-state index contributed by atoms with van der Waals surface area (Å²) < 4.78 is -0.112. The molecular weight excluding hydrogens is 608 g/mol. The fraction of sp³-hybridized carbons (Fsp3) is 0.290. The minimum absolute atomic E-state index is 0.0361. The fourth-order valence-corrected chi connectivity index (χ4v) is 7.84. The number of rotatable bonds is 6. The van der Waals surface area contributed by atoms with Gasteiger partial charge in [-0.15, -0.1) is 11.8 Å². The van der Waals surface area contributed by atoms with Crippen LogP contribution in [0.1, 0.15) is 35.6 Å². The third kappa shape index (κ3) is 5.07. The van der Waals surface area contributed by atoms with Crippen molar-refractivity contribution >= 4 is 62.0 Å². The Bertz CT molecular complexity index is 1570. The molecule has 2 amide bonds. The Kier molecular flexibility index (Phi) is 7.46. The van der Waals surface area contributed by atoms with Crippen molar-refractivity contribution in [2.24, 2.45) is 5.73 Å². The number of fused-ring (bicyclic) bond motifs is 1. The summed E-state index contributed by atoms with van der Waals surface area (Å²) in [5.74, 6) is -0.0846. The zero-order valence-electron chi connectivity index (χ0n) is 22.1. The Hall–Kier alpha value is -2.78. The van der Waals surface area contributed by atoms with Gasteiger partial charge >= 0.3 is 0 Å². The van der Waals surface area contributed by atoms with Gasteiger partial charge < -0.3 is 20.5 Å². The number of halogens is 2. The quantitative estimate of drug-likeness (QED) is 0.254. The number of thioether (sulfide) groups is 1. The molecule has 0 bridgehead atoms. The lowest BCUT2D eigenvalue weighted by molar-refractivity contribution is -0.133. The van der Waals surface area contributed by atoms with E-state index in [-0.39, 0.29) is 24.3 Å². The maximum Gasteiger partial charge on any atom is 0.242 e. The molecule has 6 rings (SSSR count). The molecule has 3 N–H and O–H groups in total. The number of nitrogens with one attached hydrogen (secondary N) is 1. The number of aromatic amines is 1. The van der Waals surface area contributed by atoms with Crippen molar-refractivity contribution in [2.75, 3.05) is 13.1 Å². The minimum Gasteiger partial charge on any atom is -0.361 e. The van der Waals surface area contributed by atoms with Gasteiger partial charge in [0.25, 0.3) is 0 Å². The van der Waals surface area contributed by atoms with E-state index in [1.807, 2.05) is 89.7 Å². The summed E-state index contributed by atoms with van der Waals surface area (Å²) in [6.07, 6.45) is 2.79. The molecule has 0 aliphatic carbocycles. The molecular formula is C31H30BrClN4O2S. The number of carbonyl (C=O) groups excluding carboxylic acids is 2. The van der Waals surface area contributed by atoms with Crippen LogP contribution in [0.3, 0.4) is 0 Å². The van der Waals surface area contributed by atoms with E-state index in [4.69, 9.17) is 17.3 Å². The number of nitrogens with two attached hydrogens (primary N) is 1. The minimum atomic E-state index is -1.08. The highest BCUT2D eigenvalue weighted by Crippen LogP contribution is 2.55. The highest BCUT2D eigenvalue weighted by Gasteiger charge is 2.60. The van der Waals surface area contributed by atoms with Crippen molar-refractivity contribution in [3.05, 3.63) is 99.1 Å². The van der Waals surface area contributed by atoms with Crippen LogP contribution in [0.15, 0.2) is 82.3 Å². The lowest BCUT2D eigenvalue weighted by Crippen LogP contribution is -2.50. The predicted octanol–water partition coefficient (Wildman–Crippen LogP) is 6.46. The number of hydrogen-bond donors (Lipinski definition) is 2. The van der Waals surface area contributed by atoms with Crippen molar-refractivity contribution in [2.45, 2.75) is 48.0 Å². The van der Waals surface area contributed by atoms with Gasteiger partial charge in [-0.05, 0) is 55.3 Å². The number of amides is 2.